The Morgan fingerprint density at radius 3 is 2.67 bits per heavy atom. The number of hydrogen-bond acceptors (Lipinski definition) is 7. The Kier molecular flexibility index (Phi) is 9.43. The average Bonchev–Trinajstić information content (AvgIpc) is 3.35. The number of hydrogen-bond donors (Lipinski definition) is 2. The monoisotopic (exact) mass is 529 g/mol. The lowest BCUT2D eigenvalue weighted by molar-refractivity contribution is 0.0994. The van der Waals surface area contributed by atoms with E-state index in [1.165, 1.54) is 41.7 Å². The van der Waals surface area contributed by atoms with Gasteiger partial charge in [-0.15, -0.1) is 0 Å². The number of anilines is 1. The van der Waals surface area contributed by atoms with Gasteiger partial charge in [0.25, 0.3) is 5.91 Å². The van der Waals surface area contributed by atoms with Crippen molar-refractivity contribution in [2.75, 3.05) is 37.6 Å². The number of aromatic amines is 1. The van der Waals surface area contributed by atoms with Gasteiger partial charge in [0.2, 0.25) is 0 Å². The van der Waals surface area contributed by atoms with Gasteiger partial charge in [-0.1, -0.05) is 18.2 Å². The van der Waals surface area contributed by atoms with Gasteiger partial charge in [-0.3, -0.25) is 9.69 Å². The molecule has 2 aromatic carbocycles. The second kappa shape index (κ2) is 13.3. The number of benzene rings is 2. The maximum atomic E-state index is 14.9. The normalized spacial score (nSPS) is 13.4. The third-order valence-electron chi connectivity index (χ3n) is 6.57. The van der Waals surface area contributed by atoms with Gasteiger partial charge in [0.05, 0.1) is 11.8 Å². The number of carbonyl (C=O) groups is 1. The van der Waals surface area contributed by atoms with Crippen molar-refractivity contribution in [1.29, 1.82) is 5.26 Å². The minimum Gasteiger partial charge on any atom is -0.424 e. The third kappa shape index (κ3) is 7.30. The molecule has 1 saturated heterocycles. The van der Waals surface area contributed by atoms with Crippen molar-refractivity contribution in [2.24, 2.45) is 5.73 Å². The highest BCUT2D eigenvalue weighted by Gasteiger charge is 2.20. The van der Waals surface area contributed by atoms with E-state index in [9.17, 15) is 9.18 Å². The van der Waals surface area contributed by atoms with Crippen LogP contribution in [0.5, 0.6) is 11.8 Å². The fourth-order valence-electron chi connectivity index (χ4n) is 4.64. The fraction of sp³-hybridized carbons (Fsp3) is 0.310. The number of nitriles is 1. The molecule has 5 rings (SSSR count). The quantitative estimate of drug-likeness (QED) is 0.302. The smallest absolute Gasteiger partial charge is 0.322 e. The van der Waals surface area contributed by atoms with Crippen LogP contribution in [0, 0.1) is 17.1 Å². The SMILES string of the molecule is CC#N.NC(=O)c1ccnc(Oc2ccc(N3CCN(CCCCc4c[nH]c5ccccc45)CC3)c(F)c2)n1. The summed E-state index contributed by atoms with van der Waals surface area (Å²) in [6.45, 7) is 5.82. The number of nitrogens with zero attached hydrogens (tertiary/aromatic N) is 5. The van der Waals surface area contributed by atoms with E-state index in [0.717, 1.165) is 52.0 Å². The summed E-state index contributed by atoms with van der Waals surface area (Å²) in [4.78, 5) is 27.0. The van der Waals surface area contributed by atoms with Crippen LogP contribution in [0.25, 0.3) is 10.9 Å². The van der Waals surface area contributed by atoms with Gasteiger partial charge in [-0.25, -0.2) is 9.37 Å². The van der Waals surface area contributed by atoms with Crippen molar-refractivity contribution < 1.29 is 13.9 Å². The molecule has 1 amide bonds. The number of halogens is 1. The molecule has 39 heavy (non-hydrogen) atoms. The highest BCUT2D eigenvalue weighted by atomic mass is 19.1. The number of unbranched alkanes of at least 4 members (excludes halogenated alkanes) is 1. The Morgan fingerprint density at radius 2 is 1.92 bits per heavy atom. The van der Waals surface area contributed by atoms with Crippen LogP contribution in [0.3, 0.4) is 0 Å². The highest BCUT2D eigenvalue weighted by molar-refractivity contribution is 5.90. The van der Waals surface area contributed by atoms with Crippen molar-refractivity contribution >= 4 is 22.5 Å². The molecule has 0 saturated carbocycles. The Bertz CT molecular complexity index is 1440. The number of H-pyrrole nitrogens is 1. The molecule has 2 aromatic heterocycles. The second-order valence-electron chi connectivity index (χ2n) is 9.17. The van der Waals surface area contributed by atoms with E-state index in [1.54, 1.807) is 18.2 Å². The van der Waals surface area contributed by atoms with Gasteiger partial charge in [0.1, 0.15) is 17.3 Å². The molecule has 0 aliphatic carbocycles. The number of fused-ring (bicyclic) bond motifs is 1. The lowest BCUT2D eigenvalue weighted by Gasteiger charge is -2.36. The van der Waals surface area contributed by atoms with E-state index in [0.29, 0.717) is 5.69 Å². The first-order valence-corrected chi connectivity index (χ1v) is 12.9. The topological polar surface area (TPSA) is 124 Å². The summed E-state index contributed by atoms with van der Waals surface area (Å²) in [6.07, 6.45) is 6.85. The van der Waals surface area contributed by atoms with E-state index < -0.39 is 5.91 Å². The van der Waals surface area contributed by atoms with Crippen molar-refractivity contribution in [2.45, 2.75) is 26.2 Å². The first kappa shape index (κ1) is 27.5. The molecule has 0 radical (unpaired) electrons. The number of aryl methyl sites for hydroxylation is 1. The van der Waals surface area contributed by atoms with Gasteiger partial charge >= 0.3 is 6.01 Å². The maximum absolute atomic E-state index is 14.9. The van der Waals surface area contributed by atoms with Crippen LogP contribution in [-0.2, 0) is 6.42 Å². The van der Waals surface area contributed by atoms with E-state index in [2.05, 4.69) is 55.2 Å². The number of carbonyl (C=O) groups excluding carboxylic acids is 1. The summed E-state index contributed by atoms with van der Waals surface area (Å²) in [5.41, 5.74) is 8.39. The van der Waals surface area contributed by atoms with Gasteiger partial charge in [-0.05, 0) is 55.6 Å². The first-order chi connectivity index (χ1) is 19.0. The Balaban J connectivity index is 0.00000112. The number of primary amides is 1. The maximum Gasteiger partial charge on any atom is 0.322 e. The molecule has 0 bridgehead atoms. The van der Waals surface area contributed by atoms with Gasteiger partial charge in [0, 0.05) is 62.5 Å². The van der Waals surface area contributed by atoms with E-state index in [4.69, 9.17) is 15.7 Å². The Hall–Kier alpha value is -4.49. The van der Waals surface area contributed by atoms with Crippen LogP contribution >= 0.6 is 0 Å². The molecule has 1 fully saturated rings. The van der Waals surface area contributed by atoms with E-state index in [1.807, 2.05) is 0 Å². The van der Waals surface area contributed by atoms with Crippen molar-refractivity contribution in [3.05, 3.63) is 78.0 Å². The second-order valence-corrected chi connectivity index (χ2v) is 9.17. The molecule has 9 nitrogen and oxygen atoms in total. The molecule has 0 spiro atoms. The zero-order chi connectivity index (χ0) is 27.6. The third-order valence-corrected chi connectivity index (χ3v) is 6.57. The number of piperazine rings is 1. The van der Waals surface area contributed by atoms with Gasteiger partial charge < -0.3 is 20.4 Å². The minimum atomic E-state index is -0.683. The van der Waals surface area contributed by atoms with E-state index in [-0.39, 0.29) is 23.3 Å². The summed E-state index contributed by atoms with van der Waals surface area (Å²) < 4.78 is 20.4. The Labute approximate surface area is 227 Å². The van der Waals surface area contributed by atoms with Crippen LogP contribution in [0.1, 0.15) is 35.8 Å². The molecule has 10 heteroatoms. The highest BCUT2D eigenvalue weighted by Crippen LogP contribution is 2.27. The molecule has 3 N–H and O–H groups in total. The number of para-hydroxylation sites is 1. The molecule has 1 aliphatic rings. The first-order valence-electron chi connectivity index (χ1n) is 12.9. The van der Waals surface area contributed by atoms with Crippen molar-refractivity contribution in [1.82, 2.24) is 19.9 Å². The molecule has 0 unspecified atom stereocenters. The fourth-order valence-corrected chi connectivity index (χ4v) is 4.64. The molecule has 202 valence electrons. The van der Waals surface area contributed by atoms with Crippen LogP contribution in [0.2, 0.25) is 0 Å². The van der Waals surface area contributed by atoms with Crippen LogP contribution in [0.15, 0.2) is 60.9 Å². The summed E-state index contributed by atoms with van der Waals surface area (Å²) in [6, 6.07) is 16.2. The lowest BCUT2D eigenvalue weighted by Crippen LogP contribution is -2.46. The summed E-state index contributed by atoms with van der Waals surface area (Å²) in [5, 5.41) is 8.64. The van der Waals surface area contributed by atoms with Crippen LogP contribution < -0.4 is 15.4 Å². The number of amides is 1. The lowest BCUT2D eigenvalue weighted by atomic mass is 10.1. The Morgan fingerprint density at radius 1 is 1.15 bits per heavy atom. The van der Waals surface area contributed by atoms with Gasteiger partial charge in [-0.2, -0.15) is 10.2 Å². The van der Waals surface area contributed by atoms with E-state index >= 15 is 0 Å². The number of nitrogens with one attached hydrogen (secondary N) is 1. The molecule has 3 heterocycles. The number of nitrogens with two attached hydrogens (primary N) is 1. The predicted molar refractivity (Wildman–Crippen MR) is 148 cm³/mol. The summed E-state index contributed by atoms with van der Waals surface area (Å²) in [7, 11) is 0. The van der Waals surface area contributed by atoms with Crippen molar-refractivity contribution in [3.8, 4) is 17.8 Å². The summed E-state index contributed by atoms with van der Waals surface area (Å²) in [5.74, 6) is -0.797. The standard InChI is InChI=1S/C27H29FN6O2.C2H3N/c28-22-17-20(36-27-30-11-10-24(32-27)26(29)35)8-9-25(22)34-15-13-33(14-16-34)12-4-3-5-19-18-31-23-7-2-1-6-21(19)23;1-2-3/h1-2,6-11,17-18,31H,3-5,12-16H2,(H2,29,35);1H3. The van der Waals surface area contributed by atoms with Crippen LogP contribution in [0.4, 0.5) is 10.1 Å². The number of ether oxygens (including phenoxy) is 1. The minimum absolute atomic E-state index is 0.0351. The molecular weight excluding hydrogens is 497 g/mol. The van der Waals surface area contributed by atoms with Crippen LogP contribution in [-0.4, -0.2) is 58.5 Å². The number of rotatable bonds is 9. The largest absolute Gasteiger partial charge is 0.424 e. The van der Waals surface area contributed by atoms with Gasteiger partial charge in [0.15, 0.2) is 0 Å². The molecular formula is C29H32FN7O2. The van der Waals surface area contributed by atoms with Crippen molar-refractivity contribution in [3.63, 3.8) is 0 Å². The zero-order valence-corrected chi connectivity index (χ0v) is 21.9. The number of aromatic nitrogens is 3. The average molecular weight is 530 g/mol. The molecule has 4 aromatic rings. The predicted octanol–water partition coefficient (Wildman–Crippen LogP) is 4.66. The zero-order valence-electron chi connectivity index (χ0n) is 21.9. The molecule has 1 aliphatic heterocycles. The summed E-state index contributed by atoms with van der Waals surface area (Å²) >= 11 is 0. The molecule has 0 atom stereocenters.